The summed E-state index contributed by atoms with van der Waals surface area (Å²) in [4.78, 5) is 0. The van der Waals surface area contributed by atoms with E-state index >= 15 is 0 Å². The lowest BCUT2D eigenvalue weighted by Crippen LogP contribution is -2.23. The summed E-state index contributed by atoms with van der Waals surface area (Å²) in [6.07, 6.45) is 15.2. The number of hydrogen-bond acceptors (Lipinski definition) is 7. The highest BCUT2D eigenvalue weighted by molar-refractivity contribution is 5.69. The van der Waals surface area contributed by atoms with Crippen molar-refractivity contribution < 1.29 is 19.7 Å². The predicted molar refractivity (Wildman–Crippen MR) is 121 cm³/mol. The number of benzene rings is 1. The largest absolute Gasteiger partial charge is 0.507 e. The van der Waals surface area contributed by atoms with Gasteiger partial charge < -0.3 is 19.7 Å². The number of unbranched alkanes of at least 4 members (excludes halogenated alkanes) is 9. The SMILES string of the molecule is CCCCCCCCCCCCOCC(O)COc1ccc(-c2cnnnc2)c(O)c1. The number of aliphatic hydroxyl groups excluding tert-OH is 1. The lowest BCUT2D eigenvalue weighted by atomic mass is 10.1. The highest BCUT2D eigenvalue weighted by Crippen LogP contribution is 2.31. The van der Waals surface area contributed by atoms with Gasteiger partial charge in [0.05, 0.1) is 19.0 Å². The van der Waals surface area contributed by atoms with Gasteiger partial charge in [-0.25, -0.2) is 0 Å². The molecule has 0 spiro atoms. The zero-order chi connectivity index (χ0) is 22.2. The first-order chi connectivity index (χ1) is 15.2. The van der Waals surface area contributed by atoms with Crippen molar-refractivity contribution in [3.63, 3.8) is 0 Å². The van der Waals surface area contributed by atoms with Gasteiger partial charge in [0.2, 0.25) is 0 Å². The summed E-state index contributed by atoms with van der Waals surface area (Å²) in [5, 5.41) is 31.1. The fourth-order valence-electron chi connectivity index (χ4n) is 3.38. The first kappa shape index (κ1) is 25.0. The molecular formula is C24H37N3O4. The number of aliphatic hydroxyl groups is 1. The minimum Gasteiger partial charge on any atom is -0.507 e. The first-order valence-corrected chi connectivity index (χ1v) is 11.6. The van der Waals surface area contributed by atoms with E-state index in [0.717, 1.165) is 6.42 Å². The minimum absolute atomic E-state index is 0.0546. The lowest BCUT2D eigenvalue weighted by molar-refractivity contribution is 0.0109. The summed E-state index contributed by atoms with van der Waals surface area (Å²) < 4.78 is 11.1. The molecule has 0 saturated heterocycles. The van der Waals surface area contributed by atoms with Crippen LogP contribution in [-0.4, -0.2) is 51.5 Å². The second kappa shape index (κ2) is 15.5. The normalized spacial score (nSPS) is 12.1. The monoisotopic (exact) mass is 431 g/mol. The second-order valence-corrected chi connectivity index (χ2v) is 7.93. The number of phenols is 1. The third kappa shape index (κ3) is 10.6. The van der Waals surface area contributed by atoms with Gasteiger partial charge in [0, 0.05) is 23.8 Å². The van der Waals surface area contributed by atoms with E-state index in [2.05, 4.69) is 22.3 Å². The summed E-state index contributed by atoms with van der Waals surface area (Å²) in [5.41, 5.74) is 1.26. The molecule has 0 aliphatic carbocycles. The highest BCUT2D eigenvalue weighted by atomic mass is 16.5. The Labute approximate surface area is 185 Å². The average molecular weight is 432 g/mol. The maximum atomic E-state index is 10.2. The van der Waals surface area contributed by atoms with Crippen molar-refractivity contribution in [1.82, 2.24) is 15.4 Å². The Hall–Kier alpha value is -2.25. The fraction of sp³-hybridized carbons (Fsp3) is 0.625. The molecule has 1 aromatic carbocycles. The number of aromatic nitrogens is 3. The molecule has 7 heteroatoms. The van der Waals surface area contributed by atoms with Gasteiger partial charge in [-0.15, -0.1) is 10.2 Å². The topological polar surface area (TPSA) is 97.6 Å². The molecule has 1 aromatic heterocycles. The zero-order valence-corrected chi connectivity index (χ0v) is 18.7. The van der Waals surface area contributed by atoms with Crippen LogP contribution in [0, 0.1) is 0 Å². The molecule has 1 atom stereocenters. The molecule has 0 fully saturated rings. The van der Waals surface area contributed by atoms with Crippen molar-refractivity contribution >= 4 is 0 Å². The third-order valence-electron chi connectivity index (χ3n) is 5.17. The molecule has 1 heterocycles. The Morgan fingerprint density at radius 2 is 1.52 bits per heavy atom. The van der Waals surface area contributed by atoms with E-state index in [1.165, 1.54) is 76.2 Å². The summed E-state index contributed by atoms with van der Waals surface area (Å²) >= 11 is 0. The van der Waals surface area contributed by atoms with E-state index in [4.69, 9.17) is 9.47 Å². The third-order valence-corrected chi connectivity index (χ3v) is 5.17. The Morgan fingerprint density at radius 1 is 0.871 bits per heavy atom. The number of hydrogen-bond donors (Lipinski definition) is 2. The maximum absolute atomic E-state index is 10.2. The Balaban J connectivity index is 1.51. The molecule has 2 rings (SSSR count). The molecule has 7 nitrogen and oxygen atoms in total. The Kier molecular flexibility index (Phi) is 12.5. The molecule has 1 unspecified atom stereocenters. The van der Waals surface area contributed by atoms with Crippen LogP contribution in [0.5, 0.6) is 11.5 Å². The molecule has 0 amide bonds. The van der Waals surface area contributed by atoms with Gasteiger partial charge in [-0.05, 0) is 23.8 Å². The quantitative estimate of drug-likeness (QED) is 0.343. The van der Waals surface area contributed by atoms with Crippen LogP contribution in [0.25, 0.3) is 11.1 Å². The minimum atomic E-state index is -0.710. The molecule has 0 saturated carbocycles. The fourth-order valence-corrected chi connectivity index (χ4v) is 3.38. The van der Waals surface area contributed by atoms with Gasteiger partial charge >= 0.3 is 0 Å². The van der Waals surface area contributed by atoms with Gasteiger partial charge in [0.25, 0.3) is 0 Å². The van der Waals surface area contributed by atoms with Gasteiger partial charge in [0.1, 0.15) is 24.2 Å². The van der Waals surface area contributed by atoms with Crippen LogP contribution in [0.3, 0.4) is 0 Å². The van der Waals surface area contributed by atoms with E-state index < -0.39 is 6.10 Å². The van der Waals surface area contributed by atoms with E-state index in [1.807, 2.05) is 0 Å². The number of ether oxygens (including phenoxy) is 2. The van der Waals surface area contributed by atoms with E-state index in [1.54, 1.807) is 12.1 Å². The lowest BCUT2D eigenvalue weighted by Gasteiger charge is -2.14. The van der Waals surface area contributed by atoms with Crippen LogP contribution >= 0.6 is 0 Å². The van der Waals surface area contributed by atoms with Crippen molar-refractivity contribution in [3.8, 4) is 22.6 Å². The molecule has 0 radical (unpaired) electrons. The molecule has 0 aliphatic heterocycles. The number of aromatic hydroxyl groups is 1. The van der Waals surface area contributed by atoms with Crippen LogP contribution in [0.1, 0.15) is 71.1 Å². The molecular weight excluding hydrogens is 394 g/mol. The standard InChI is InChI=1S/C24H37N3O4/c1-2-3-4-5-6-7-8-9-10-11-14-30-18-21(28)19-31-22-12-13-23(24(29)15-22)20-16-25-27-26-17-20/h12-13,15-17,21,28-29H,2-11,14,18-19H2,1H3. The summed E-state index contributed by atoms with van der Waals surface area (Å²) in [7, 11) is 0. The van der Waals surface area contributed by atoms with Crippen LogP contribution in [0.4, 0.5) is 0 Å². The van der Waals surface area contributed by atoms with Gasteiger partial charge in [0.15, 0.2) is 0 Å². The van der Waals surface area contributed by atoms with Crippen LogP contribution in [-0.2, 0) is 4.74 Å². The maximum Gasteiger partial charge on any atom is 0.127 e. The van der Waals surface area contributed by atoms with E-state index in [-0.39, 0.29) is 19.0 Å². The number of rotatable bonds is 17. The van der Waals surface area contributed by atoms with Gasteiger partial charge in [-0.3, -0.25) is 0 Å². The smallest absolute Gasteiger partial charge is 0.127 e. The first-order valence-electron chi connectivity index (χ1n) is 11.6. The van der Waals surface area contributed by atoms with Crippen LogP contribution in [0.2, 0.25) is 0 Å². The molecule has 172 valence electrons. The summed E-state index contributed by atoms with van der Waals surface area (Å²) in [6.45, 7) is 3.27. The molecule has 0 aliphatic rings. The van der Waals surface area contributed by atoms with Gasteiger partial charge in [-0.2, -0.15) is 0 Å². The second-order valence-electron chi connectivity index (χ2n) is 7.93. The number of nitrogens with zero attached hydrogens (tertiary/aromatic N) is 3. The van der Waals surface area contributed by atoms with Crippen LogP contribution in [0.15, 0.2) is 30.6 Å². The molecule has 2 aromatic rings. The van der Waals surface area contributed by atoms with Crippen molar-refractivity contribution in [2.75, 3.05) is 19.8 Å². The predicted octanol–water partition coefficient (Wildman–Crippen LogP) is 4.92. The number of phenolic OH excluding ortho intramolecular Hbond substituents is 1. The zero-order valence-electron chi connectivity index (χ0n) is 18.7. The van der Waals surface area contributed by atoms with Crippen molar-refractivity contribution in [1.29, 1.82) is 0 Å². The average Bonchev–Trinajstić information content (AvgIpc) is 2.79. The molecule has 2 N–H and O–H groups in total. The Morgan fingerprint density at radius 3 is 2.16 bits per heavy atom. The van der Waals surface area contributed by atoms with Crippen LogP contribution < -0.4 is 4.74 Å². The van der Waals surface area contributed by atoms with Gasteiger partial charge in [-0.1, -0.05) is 64.7 Å². The summed E-state index contributed by atoms with van der Waals surface area (Å²) in [5.74, 6) is 0.531. The molecule has 0 bridgehead atoms. The summed E-state index contributed by atoms with van der Waals surface area (Å²) in [6, 6.07) is 4.96. The van der Waals surface area contributed by atoms with E-state index in [0.29, 0.717) is 23.5 Å². The molecule has 31 heavy (non-hydrogen) atoms. The van der Waals surface area contributed by atoms with Crippen molar-refractivity contribution in [2.24, 2.45) is 0 Å². The highest BCUT2D eigenvalue weighted by Gasteiger charge is 2.09. The van der Waals surface area contributed by atoms with Crippen molar-refractivity contribution in [3.05, 3.63) is 30.6 Å². The van der Waals surface area contributed by atoms with Crippen molar-refractivity contribution in [2.45, 2.75) is 77.2 Å². The van der Waals surface area contributed by atoms with E-state index in [9.17, 15) is 10.2 Å². The Bertz CT molecular complexity index is 715.